The quantitative estimate of drug-likeness (QED) is 0.0296. The first-order valence-electron chi connectivity index (χ1n) is 20.6. The maximum Gasteiger partial charge on any atom is 0.364 e. The molecule has 12 N–H and O–H groups in total. The summed E-state index contributed by atoms with van der Waals surface area (Å²) in [6, 6.07) is 5.80. The van der Waals surface area contributed by atoms with E-state index in [0.29, 0.717) is 5.75 Å². The van der Waals surface area contributed by atoms with Gasteiger partial charge in [0.1, 0.15) is 73.3 Å². The molecule has 6 rings (SSSR count). The van der Waals surface area contributed by atoms with Gasteiger partial charge in [0.15, 0.2) is 12.6 Å². The molecule has 0 radical (unpaired) electrons. The number of carboxylic acids is 1. The molecule has 0 bridgehead atoms. The van der Waals surface area contributed by atoms with E-state index in [0.717, 1.165) is 41.2 Å². The molecule has 66 heavy (non-hydrogen) atoms. The number of rotatable bonds is 18. The average Bonchev–Trinajstić information content (AvgIpc) is 3.74. The molecule has 5 heterocycles. The molecule has 0 spiro atoms. The third-order valence-corrected chi connectivity index (χ3v) is 12.4. The van der Waals surface area contributed by atoms with Gasteiger partial charge in [0, 0.05) is 54.3 Å². The number of carbonyl (C=O) groups excluding carboxylic acids is 3. The van der Waals surface area contributed by atoms with Gasteiger partial charge in [-0.05, 0) is 23.7 Å². The summed E-state index contributed by atoms with van der Waals surface area (Å²) in [6.07, 6.45) is -25.9. The zero-order valence-corrected chi connectivity index (χ0v) is 36.1. The molecule has 0 saturated carbocycles. The van der Waals surface area contributed by atoms with Crippen LogP contribution in [0.4, 0.5) is 0 Å². The minimum Gasteiger partial charge on any atom is -0.488 e. The number of amides is 3. The molecule has 4 aliphatic rings. The fraction of sp³-hybridized carbons (Fsp3) is 0.641. The van der Waals surface area contributed by atoms with Gasteiger partial charge in [0.25, 0.3) is 11.7 Å². The number of hydrogen-bond acceptors (Lipinski definition) is 21. The van der Waals surface area contributed by atoms with Crippen LogP contribution in [0.25, 0.3) is 20.9 Å². The second kappa shape index (κ2) is 22.0. The van der Waals surface area contributed by atoms with Crippen molar-refractivity contribution in [1.82, 2.24) is 16.0 Å². The highest BCUT2D eigenvalue weighted by Crippen LogP contribution is 2.43. The van der Waals surface area contributed by atoms with Crippen molar-refractivity contribution in [3.05, 3.63) is 51.2 Å². The Kier molecular flexibility index (Phi) is 16.9. The maximum absolute atomic E-state index is 13.3. The lowest BCUT2D eigenvalue weighted by molar-refractivity contribution is -0.382. The second-order valence-corrected chi connectivity index (χ2v) is 16.9. The zero-order chi connectivity index (χ0) is 48.0. The largest absolute Gasteiger partial charge is 0.488 e. The van der Waals surface area contributed by atoms with E-state index in [4.69, 9.17) is 38.7 Å². The number of nitrogens with one attached hydrogen (secondary N) is 3. The summed E-state index contributed by atoms with van der Waals surface area (Å²) in [5.74, 6) is -6.59. The lowest BCUT2D eigenvalue weighted by Crippen LogP contribution is -2.71. The molecule has 364 valence electrons. The molecule has 0 unspecified atom stereocenters. The first-order chi connectivity index (χ1) is 31.4. The molecular weight excluding hydrogens is 905 g/mol. The van der Waals surface area contributed by atoms with Crippen LogP contribution in [0, 0.1) is 0 Å². The van der Waals surface area contributed by atoms with E-state index in [1.54, 1.807) is 18.2 Å². The van der Waals surface area contributed by atoms with Gasteiger partial charge in [0.2, 0.25) is 11.8 Å². The summed E-state index contributed by atoms with van der Waals surface area (Å²) < 4.78 is 40.1. The highest BCUT2D eigenvalue weighted by Gasteiger charge is 2.60. The number of hydrogen-bond donors (Lipinski definition) is 12. The van der Waals surface area contributed by atoms with Crippen molar-refractivity contribution in [2.45, 2.75) is 124 Å². The van der Waals surface area contributed by atoms with Crippen molar-refractivity contribution in [3.8, 4) is 16.2 Å². The Morgan fingerprint density at radius 2 is 1.64 bits per heavy atom. The Morgan fingerprint density at radius 1 is 0.955 bits per heavy atom. The summed E-state index contributed by atoms with van der Waals surface area (Å²) >= 11 is 1.16. The molecule has 4 aliphatic heterocycles. The van der Waals surface area contributed by atoms with Gasteiger partial charge in [-0.15, -0.1) is 11.3 Å². The predicted octanol–water partition coefficient (Wildman–Crippen LogP) is -3.69. The number of carbonyl (C=O) groups is 4. The maximum atomic E-state index is 13.3. The smallest absolute Gasteiger partial charge is 0.364 e. The van der Waals surface area contributed by atoms with Crippen LogP contribution in [0.2, 0.25) is 0 Å². The van der Waals surface area contributed by atoms with Crippen molar-refractivity contribution in [3.63, 3.8) is 0 Å². The summed E-state index contributed by atoms with van der Waals surface area (Å²) in [5.41, 5.74) is 10.1. The van der Waals surface area contributed by atoms with Crippen molar-refractivity contribution >= 4 is 35.0 Å². The number of para-hydroxylation sites is 1. The number of nitrogens with zero attached hydrogens (tertiary/aromatic N) is 3. The monoisotopic (exact) mass is 956 g/mol. The van der Waals surface area contributed by atoms with Gasteiger partial charge in [-0.3, -0.25) is 14.4 Å². The SMILES string of the molecule is CC(=O)N[C@H]1[C@H](OCCN=[N+]=[N-])O[C@H](CO)[C@@H](O[C@@H]2O[C@H](CO)[C@H](O)[C@H](O[C@]3(C(=O)O)C[C@H](O)[C@@H](NC(C)=O)[C@H]([C@H](O)[C@H](O)CNC(=O)c4cc5c(s4)-c4ccccc4OC5)O3)[C@H]2O)[C@@H]1O. The predicted molar refractivity (Wildman–Crippen MR) is 219 cm³/mol. The highest BCUT2D eigenvalue weighted by atomic mass is 32.1. The first kappa shape index (κ1) is 50.8. The zero-order valence-electron chi connectivity index (χ0n) is 35.3. The summed E-state index contributed by atoms with van der Waals surface area (Å²) in [4.78, 5) is 54.5. The number of benzene rings is 1. The van der Waals surface area contributed by atoms with Crippen LogP contribution < -0.4 is 20.7 Å². The standard InChI is InChI=1S/C39H52N6O20S/c1-15(48)43-25-19(50)10-39(38(57)58,64-32(25)27(52)20(51)11-41-35(56)24-9-17-14-60-21-6-4-3-5-18(21)34(17)66-24)65-33-28(53)22(12-46)61-37(30(33)55)63-31-23(13-47)62-36(59-8-7-42-45-40)26(29(31)54)44-16(2)49/h3-6,9,19-20,22-23,25-33,36-37,46-47,50-55H,7-8,10-14H2,1-2H3,(H,41,56)(H,43,48)(H,44,49)(H,57,58)/t19-,20+,22+,23+,25+,26+,27+,28-,29+,30+,31+,32+,33-,36+,37-,39-/m0/s1. The normalized spacial score (nSPS) is 33.7. The van der Waals surface area contributed by atoms with E-state index in [2.05, 4.69) is 26.0 Å². The lowest BCUT2D eigenvalue weighted by atomic mass is 9.88. The molecule has 3 fully saturated rings. The van der Waals surface area contributed by atoms with Crippen LogP contribution in [-0.4, -0.2) is 200 Å². The summed E-state index contributed by atoms with van der Waals surface area (Å²) in [5, 5.41) is 110. The molecule has 2 aromatic rings. The summed E-state index contributed by atoms with van der Waals surface area (Å²) in [6.45, 7) is -0.610. The minimum absolute atomic E-state index is 0.174. The van der Waals surface area contributed by atoms with Crippen LogP contribution in [0.5, 0.6) is 5.75 Å². The van der Waals surface area contributed by atoms with Crippen molar-refractivity contribution in [1.29, 1.82) is 0 Å². The summed E-state index contributed by atoms with van der Waals surface area (Å²) in [7, 11) is 0. The van der Waals surface area contributed by atoms with E-state index >= 15 is 0 Å². The average molecular weight is 957 g/mol. The Hall–Kier alpha value is -4.65. The van der Waals surface area contributed by atoms with Gasteiger partial charge in [-0.25, -0.2) is 4.79 Å². The number of aliphatic hydroxyl groups excluding tert-OH is 8. The van der Waals surface area contributed by atoms with Gasteiger partial charge in [0.05, 0.1) is 42.9 Å². The lowest BCUT2D eigenvalue weighted by Gasteiger charge is -2.51. The van der Waals surface area contributed by atoms with Gasteiger partial charge in [-0.1, -0.05) is 17.2 Å². The first-order valence-corrected chi connectivity index (χ1v) is 21.4. The second-order valence-electron chi connectivity index (χ2n) is 15.8. The fourth-order valence-corrected chi connectivity index (χ4v) is 9.17. The fourth-order valence-electron chi connectivity index (χ4n) is 8.06. The van der Waals surface area contributed by atoms with E-state index in [1.807, 2.05) is 12.1 Å². The topological polar surface area (TPSA) is 400 Å². The van der Waals surface area contributed by atoms with Gasteiger partial charge in [-0.2, -0.15) is 0 Å². The van der Waals surface area contributed by atoms with E-state index in [1.165, 1.54) is 0 Å². The third kappa shape index (κ3) is 11.0. The number of aliphatic carboxylic acids is 1. The van der Waals surface area contributed by atoms with Crippen molar-refractivity contribution < 1.29 is 98.3 Å². The number of carboxylic acid groups (broad SMARTS) is 1. The molecule has 1 aromatic carbocycles. The molecule has 16 atom stereocenters. The van der Waals surface area contributed by atoms with Gasteiger partial charge < -0.3 is 95.1 Å². The minimum atomic E-state index is -3.12. The van der Waals surface area contributed by atoms with Crippen LogP contribution in [0.15, 0.2) is 35.4 Å². The van der Waals surface area contributed by atoms with Crippen LogP contribution in [-0.2, 0) is 49.4 Å². The molecule has 26 nitrogen and oxygen atoms in total. The van der Waals surface area contributed by atoms with Crippen molar-refractivity contribution in [2.75, 3.05) is 32.9 Å². The highest BCUT2D eigenvalue weighted by molar-refractivity contribution is 7.17. The molecular formula is C39H52N6O20S. The number of fused-ring (bicyclic) bond motifs is 3. The number of ether oxygens (including phenoxy) is 7. The molecule has 3 amide bonds. The molecule has 27 heteroatoms. The van der Waals surface area contributed by atoms with Crippen LogP contribution >= 0.6 is 11.3 Å². The van der Waals surface area contributed by atoms with Crippen LogP contribution in [0.3, 0.4) is 0 Å². The van der Waals surface area contributed by atoms with Gasteiger partial charge >= 0.3 is 5.97 Å². The number of thiophene rings is 1. The molecule has 0 aliphatic carbocycles. The number of azide groups is 1. The number of aliphatic hydroxyl groups is 8. The Balaban J connectivity index is 1.20. The van der Waals surface area contributed by atoms with Crippen molar-refractivity contribution in [2.24, 2.45) is 5.11 Å². The Morgan fingerprint density at radius 3 is 2.30 bits per heavy atom. The Labute approximate surface area is 378 Å². The van der Waals surface area contributed by atoms with E-state index in [-0.39, 0.29) is 24.6 Å². The van der Waals surface area contributed by atoms with E-state index in [9.17, 15) is 65.1 Å². The third-order valence-electron chi connectivity index (χ3n) is 11.2. The van der Waals surface area contributed by atoms with Crippen LogP contribution in [0.1, 0.15) is 35.5 Å². The molecule has 1 aromatic heterocycles. The Bertz CT molecular complexity index is 2100. The van der Waals surface area contributed by atoms with E-state index < -0.39 is 147 Å². The molecule has 3 saturated heterocycles.